The SMILES string of the molecule is CCNC(=NCCCOC1CCOCC1)NC1CCN(C(=O)CC)C1.I. The van der Waals surface area contributed by atoms with Gasteiger partial charge in [-0.25, -0.2) is 0 Å². The third kappa shape index (κ3) is 8.39. The molecule has 0 aliphatic carbocycles. The Kier molecular flexibility index (Phi) is 12.2. The number of likely N-dealkylation sites (tertiary alicyclic amines) is 1. The summed E-state index contributed by atoms with van der Waals surface area (Å²) in [7, 11) is 0. The second-order valence-electron chi connectivity index (χ2n) is 6.62. The summed E-state index contributed by atoms with van der Waals surface area (Å²) in [4.78, 5) is 18.3. The number of nitrogens with one attached hydrogen (secondary N) is 2. The van der Waals surface area contributed by atoms with Crippen LogP contribution in [-0.2, 0) is 14.3 Å². The highest BCUT2D eigenvalue weighted by molar-refractivity contribution is 14.0. The second kappa shape index (κ2) is 13.5. The molecule has 2 rings (SSSR count). The lowest BCUT2D eigenvalue weighted by Crippen LogP contribution is -2.45. The summed E-state index contributed by atoms with van der Waals surface area (Å²) in [5.74, 6) is 1.07. The predicted octanol–water partition coefficient (Wildman–Crippen LogP) is 1.76. The highest BCUT2D eigenvalue weighted by Crippen LogP contribution is 2.11. The summed E-state index contributed by atoms with van der Waals surface area (Å²) < 4.78 is 11.2. The quantitative estimate of drug-likeness (QED) is 0.239. The first-order valence-electron chi connectivity index (χ1n) is 9.74. The van der Waals surface area contributed by atoms with Crippen LogP contribution in [0.4, 0.5) is 0 Å². The Bertz CT molecular complexity index is 431. The number of nitrogens with zero attached hydrogens (tertiary/aromatic N) is 2. The van der Waals surface area contributed by atoms with E-state index in [1.807, 2.05) is 11.8 Å². The van der Waals surface area contributed by atoms with Gasteiger partial charge in [0.2, 0.25) is 5.91 Å². The van der Waals surface area contributed by atoms with Crippen LogP contribution in [-0.4, -0.2) is 74.9 Å². The van der Waals surface area contributed by atoms with Crippen molar-refractivity contribution in [3.8, 4) is 0 Å². The molecule has 2 N–H and O–H groups in total. The number of halogens is 1. The minimum atomic E-state index is 0. The molecule has 26 heavy (non-hydrogen) atoms. The number of rotatable bonds is 8. The summed E-state index contributed by atoms with van der Waals surface area (Å²) in [6.45, 7) is 9.52. The number of amides is 1. The molecule has 2 fully saturated rings. The highest BCUT2D eigenvalue weighted by atomic mass is 127. The monoisotopic (exact) mass is 482 g/mol. The molecule has 2 aliphatic heterocycles. The van der Waals surface area contributed by atoms with Gasteiger partial charge in [0, 0.05) is 58.5 Å². The fourth-order valence-electron chi connectivity index (χ4n) is 3.19. The fourth-order valence-corrected chi connectivity index (χ4v) is 3.19. The summed E-state index contributed by atoms with van der Waals surface area (Å²) in [5.41, 5.74) is 0. The van der Waals surface area contributed by atoms with E-state index in [-0.39, 0.29) is 35.9 Å². The van der Waals surface area contributed by atoms with Crippen molar-refractivity contribution in [1.82, 2.24) is 15.5 Å². The third-order valence-corrected chi connectivity index (χ3v) is 4.62. The minimum absolute atomic E-state index is 0. The van der Waals surface area contributed by atoms with E-state index in [0.717, 1.165) is 77.6 Å². The van der Waals surface area contributed by atoms with E-state index in [4.69, 9.17) is 9.47 Å². The summed E-state index contributed by atoms with van der Waals surface area (Å²) >= 11 is 0. The number of guanidine groups is 1. The number of hydrogen-bond acceptors (Lipinski definition) is 4. The number of carbonyl (C=O) groups excluding carboxylic acids is 1. The van der Waals surface area contributed by atoms with Crippen molar-refractivity contribution >= 4 is 35.8 Å². The molecule has 2 heterocycles. The normalized spacial score (nSPS) is 21.4. The van der Waals surface area contributed by atoms with E-state index >= 15 is 0 Å². The molecule has 7 nitrogen and oxygen atoms in total. The second-order valence-corrected chi connectivity index (χ2v) is 6.62. The lowest BCUT2D eigenvalue weighted by molar-refractivity contribution is -0.129. The number of hydrogen-bond donors (Lipinski definition) is 2. The molecule has 1 unspecified atom stereocenters. The minimum Gasteiger partial charge on any atom is -0.381 e. The van der Waals surface area contributed by atoms with E-state index in [0.29, 0.717) is 12.5 Å². The molecule has 0 spiro atoms. The Morgan fingerprint density at radius 2 is 2.04 bits per heavy atom. The number of ether oxygens (including phenoxy) is 2. The Hall–Kier alpha value is -0.610. The molecule has 0 saturated carbocycles. The lowest BCUT2D eigenvalue weighted by Gasteiger charge is -2.22. The standard InChI is InChI=1S/C18H34N4O3.HI/c1-3-17(23)22-10-6-15(14-22)21-18(19-4-2)20-9-5-11-25-16-7-12-24-13-8-16;/h15-16H,3-14H2,1-2H3,(H2,19,20,21);1H. The van der Waals surface area contributed by atoms with E-state index in [9.17, 15) is 4.79 Å². The van der Waals surface area contributed by atoms with Crippen molar-refractivity contribution < 1.29 is 14.3 Å². The first kappa shape index (κ1) is 23.4. The van der Waals surface area contributed by atoms with Gasteiger partial charge in [-0.15, -0.1) is 24.0 Å². The summed E-state index contributed by atoms with van der Waals surface area (Å²) in [6, 6.07) is 0.284. The molecule has 2 saturated heterocycles. The van der Waals surface area contributed by atoms with Crippen molar-refractivity contribution in [1.29, 1.82) is 0 Å². The maximum atomic E-state index is 11.8. The highest BCUT2D eigenvalue weighted by Gasteiger charge is 2.25. The van der Waals surface area contributed by atoms with Gasteiger partial charge in [-0.1, -0.05) is 6.92 Å². The molecule has 1 atom stereocenters. The van der Waals surface area contributed by atoms with Gasteiger partial charge in [0.05, 0.1) is 6.10 Å². The van der Waals surface area contributed by atoms with Gasteiger partial charge < -0.3 is 25.0 Å². The fraction of sp³-hybridized carbons (Fsp3) is 0.889. The van der Waals surface area contributed by atoms with Crippen molar-refractivity contribution in [2.24, 2.45) is 4.99 Å². The molecular weight excluding hydrogens is 447 g/mol. The Balaban J connectivity index is 0.00000338. The van der Waals surface area contributed by atoms with Crippen LogP contribution in [0, 0.1) is 0 Å². The van der Waals surface area contributed by atoms with Crippen LogP contribution in [0.15, 0.2) is 4.99 Å². The molecular formula is C18H35IN4O3. The summed E-state index contributed by atoms with van der Waals surface area (Å²) in [6.07, 6.45) is 4.82. The van der Waals surface area contributed by atoms with Gasteiger partial charge in [0.25, 0.3) is 0 Å². The van der Waals surface area contributed by atoms with Crippen molar-refractivity contribution in [3.63, 3.8) is 0 Å². The molecule has 152 valence electrons. The average Bonchev–Trinajstić information content (AvgIpc) is 3.10. The third-order valence-electron chi connectivity index (χ3n) is 4.62. The molecule has 2 aliphatic rings. The average molecular weight is 482 g/mol. The van der Waals surface area contributed by atoms with Crippen LogP contribution < -0.4 is 10.6 Å². The van der Waals surface area contributed by atoms with Crippen LogP contribution in [0.5, 0.6) is 0 Å². The molecule has 0 aromatic rings. The van der Waals surface area contributed by atoms with Crippen LogP contribution in [0.3, 0.4) is 0 Å². The predicted molar refractivity (Wildman–Crippen MR) is 114 cm³/mol. The van der Waals surface area contributed by atoms with Gasteiger partial charge in [-0.3, -0.25) is 9.79 Å². The zero-order valence-electron chi connectivity index (χ0n) is 16.2. The Morgan fingerprint density at radius 3 is 2.73 bits per heavy atom. The van der Waals surface area contributed by atoms with Gasteiger partial charge in [-0.2, -0.15) is 0 Å². The van der Waals surface area contributed by atoms with Crippen LogP contribution in [0.1, 0.15) is 46.0 Å². The van der Waals surface area contributed by atoms with E-state index in [1.54, 1.807) is 0 Å². The summed E-state index contributed by atoms with van der Waals surface area (Å²) in [5, 5.41) is 6.74. The molecule has 8 heteroatoms. The van der Waals surface area contributed by atoms with E-state index < -0.39 is 0 Å². The number of carbonyl (C=O) groups is 1. The van der Waals surface area contributed by atoms with Crippen LogP contribution in [0.25, 0.3) is 0 Å². The molecule has 1 amide bonds. The first-order valence-corrected chi connectivity index (χ1v) is 9.74. The molecule has 0 aromatic carbocycles. The lowest BCUT2D eigenvalue weighted by atomic mass is 10.1. The van der Waals surface area contributed by atoms with Crippen molar-refractivity contribution in [3.05, 3.63) is 0 Å². The van der Waals surface area contributed by atoms with Gasteiger partial charge in [-0.05, 0) is 32.6 Å². The maximum Gasteiger partial charge on any atom is 0.222 e. The maximum absolute atomic E-state index is 11.8. The largest absolute Gasteiger partial charge is 0.381 e. The van der Waals surface area contributed by atoms with Crippen LogP contribution in [0.2, 0.25) is 0 Å². The number of aliphatic imine (C=N–C) groups is 1. The van der Waals surface area contributed by atoms with Crippen LogP contribution >= 0.6 is 24.0 Å². The smallest absolute Gasteiger partial charge is 0.222 e. The topological polar surface area (TPSA) is 75.2 Å². The van der Waals surface area contributed by atoms with Gasteiger partial charge >= 0.3 is 0 Å². The van der Waals surface area contributed by atoms with Crippen molar-refractivity contribution in [2.45, 2.75) is 58.1 Å². The van der Waals surface area contributed by atoms with Gasteiger partial charge in [0.15, 0.2) is 5.96 Å². The Labute approximate surface area is 174 Å². The molecule has 0 bridgehead atoms. The van der Waals surface area contributed by atoms with Crippen molar-refractivity contribution in [2.75, 3.05) is 46.0 Å². The Morgan fingerprint density at radius 1 is 1.27 bits per heavy atom. The van der Waals surface area contributed by atoms with E-state index in [1.165, 1.54) is 0 Å². The van der Waals surface area contributed by atoms with Gasteiger partial charge in [0.1, 0.15) is 0 Å². The molecule has 0 radical (unpaired) electrons. The first-order chi connectivity index (χ1) is 12.2. The zero-order valence-corrected chi connectivity index (χ0v) is 18.5. The zero-order chi connectivity index (χ0) is 17.9. The molecule has 0 aromatic heterocycles. The van der Waals surface area contributed by atoms with E-state index in [2.05, 4.69) is 22.5 Å².